The van der Waals surface area contributed by atoms with Crippen molar-refractivity contribution in [1.82, 2.24) is 10.2 Å². The van der Waals surface area contributed by atoms with Crippen LogP contribution >= 0.6 is 11.8 Å². The van der Waals surface area contributed by atoms with E-state index in [1.54, 1.807) is 7.11 Å². The lowest BCUT2D eigenvalue weighted by Crippen LogP contribution is -2.51. The van der Waals surface area contributed by atoms with Gasteiger partial charge in [-0.1, -0.05) is 0 Å². The highest BCUT2D eigenvalue weighted by atomic mass is 32.2. The van der Waals surface area contributed by atoms with Gasteiger partial charge in [-0.05, 0) is 40.0 Å². The van der Waals surface area contributed by atoms with Crippen molar-refractivity contribution in [3.8, 4) is 0 Å². The molecule has 0 spiro atoms. The first-order valence-electron chi connectivity index (χ1n) is 7.75. The molecular formula is C15H31N3OS. The van der Waals surface area contributed by atoms with E-state index in [0.29, 0.717) is 4.75 Å². The fourth-order valence-corrected chi connectivity index (χ4v) is 3.45. The molecule has 1 aliphatic heterocycles. The molecule has 0 aliphatic carbocycles. The molecule has 0 amide bonds. The van der Waals surface area contributed by atoms with E-state index in [1.807, 2.05) is 0 Å². The molecule has 5 heteroatoms. The van der Waals surface area contributed by atoms with Crippen molar-refractivity contribution in [3.05, 3.63) is 0 Å². The number of ether oxygens (including phenoxy) is 1. The van der Waals surface area contributed by atoms with Gasteiger partial charge in [0.1, 0.15) is 0 Å². The van der Waals surface area contributed by atoms with E-state index in [0.717, 1.165) is 51.6 Å². The molecule has 1 N–H and O–H groups in total. The zero-order valence-corrected chi connectivity index (χ0v) is 14.4. The second kappa shape index (κ2) is 9.50. The number of hydrogen-bond donors (Lipinski definition) is 1. The van der Waals surface area contributed by atoms with Crippen LogP contribution in [0.5, 0.6) is 0 Å². The number of guanidine groups is 1. The van der Waals surface area contributed by atoms with Gasteiger partial charge >= 0.3 is 0 Å². The summed E-state index contributed by atoms with van der Waals surface area (Å²) in [7, 11) is 1.76. The third-order valence-electron chi connectivity index (χ3n) is 3.33. The van der Waals surface area contributed by atoms with E-state index in [4.69, 9.17) is 9.73 Å². The lowest BCUT2D eigenvalue weighted by Gasteiger charge is -2.39. The Hall–Kier alpha value is -0.420. The number of nitrogens with zero attached hydrogens (tertiary/aromatic N) is 2. The van der Waals surface area contributed by atoms with Crippen LogP contribution in [0.3, 0.4) is 0 Å². The van der Waals surface area contributed by atoms with E-state index >= 15 is 0 Å². The summed E-state index contributed by atoms with van der Waals surface area (Å²) >= 11 is 2.06. The van der Waals surface area contributed by atoms with Crippen LogP contribution in [-0.2, 0) is 4.74 Å². The van der Waals surface area contributed by atoms with Gasteiger partial charge in [0.2, 0.25) is 0 Å². The van der Waals surface area contributed by atoms with Crippen LogP contribution in [0.1, 0.15) is 40.0 Å². The Balaban J connectivity index is 2.41. The minimum atomic E-state index is 0.326. The molecule has 0 aromatic heterocycles. The van der Waals surface area contributed by atoms with Gasteiger partial charge < -0.3 is 15.0 Å². The predicted molar refractivity (Wildman–Crippen MR) is 89.8 cm³/mol. The minimum Gasteiger partial charge on any atom is -0.385 e. The Morgan fingerprint density at radius 1 is 1.35 bits per heavy atom. The van der Waals surface area contributed by atoms with Crippen LogP contribution in [0.15, 0.2) is 4.99 Å². The smallest absolute Gasteiger partial charge is 0.193 e. The molecule has 4 nitrogen and oxygen atoms in total. The molecule has 20 heavy (non-hydrogen) atoms. The predicted octanol–water partition coefficient (Wildman–Crippen LogP) is 2.60. The van der Waals surface area contributed by atoms with Gasteiger partial charge in [-0.25, -0.2) is 0 Å². The topological polar surface area (TPSA) is 36.9 Å². The molecule has 0 radical (unpaired) electrons. The molecule has 1 fully saturated rings. The Morgan fingerprint density at radius 3 is 2.80 bits per heavy atom. The highest BCUT2D eigenvalue weighted by molar-refractivity contribution is 8.00. The first-order valence-corrected chi connectivity index (χ1v) is 8.74. The maximum Gasteiger partial charge on any atom is 0.193 e. The molecule has 1 aliphatic rings. The molecule has 0 saturated carbocycles. The number of thioether (sulfide) groups is 1. The first-order chi connectivity index (χ1) is 9.59. The molecule has 1 heterocycles. The van der Waals surface area contributed by atoms with E-state index in [9.17, 15) is 0 Å². The molecule has 1 saturated heterocycles. The van der Waals surface area contributed by atoms with E-state index in [1.165, 1.54) is 12.2 Å². The van der Waals surface area contributed by atoms with Crippen LogP contribution in [0, 0.1) is 0 Å². The Labute approximate surface area is 128 Å². The molecule has 118 valence electrons. The Bertz CT molecular complexity index is 295. The maximum atomic E-state index is 5.07. The van der Waals surface area contributed by atoms with Crippen LogP contribution in [0.2, 0.25) is 0 Å². The van der Waals surface area contributed by atoms with Gasteiger partial charge in [0.15, 0.2) is 5.96 Å². The summed E-state index contributed by atoms with van der Waals surface area (Å²) in [6.07, 6.45) is 3.47. The van der Waals surface area contributed by atoms with Gasteiger partial charge in [0.05, 0.1) is 0 Å². The largest absolute Gasteiger partial charge is 0.385 e. The highest BCUT2D eigenvalue weighted by Gasteiger charge is 2.28. The SMILES string of the molecule is CCNC(=NCCCCCOC)N1CCSC(C)(C)C1. The van der Waals surface area contributed by atoms with Crippen molar-refractivity contribution in [2.75, 3.05) is 45.6 Å². The second-order valence-electron chi connectivity index (χ2n) is 5.82. The van der Waals surface area contributed by atoms with Crippen molar-refractivity contribution in [1.29, 1.82) is 0 Å². The lowest BCUT2D eigenvalue weighted by atomic mass is 10.2. The zero-order chi connectivity index (χ0) is 14.8. The van der Waals surface area contributed by atoms with Gasteiger partial charge in [-0.3, -0.25) is 4.99 Å². The summed E-state index contributed by atoms with van der Waals surface area (Å²) in [5.41, 5.74) is 0. The van der Waals surface area contributed by atoms with Crippen LogP contribution < -0.4 is 5.32 Å². The number of methoxy groups -OCH3 is 1. The van der Waals surface area contributed by atoms with Crippen LogP contribution in [-0.4, -0.2) is 61.3 Å². The Kier molecular flexibility index (Phi) is 8.38. The van der Waals surface area contributed by atoms with E-state index in [-0.39, 0.29) is 0 Å². The number of unbranched alkanes of at least 4 members (excludes halogenated alkanes) is 2. The summed E-state index contributed by atoms with van der Waals surface area (Å²) in [4.78, 5) is 7.19. The van der Waals surface area contributed by atoms with Crippen molar-refractivity contribution < 1.29 is 4.74 Å². The number of hydrogen-bond acceptors (Lipinski definition) is 3. The fourth-order valence-electron chi connectivity index (χ4n) is 2.34. The first kappa shape index (κ1) is 17.6. The molecule has 0 aromatic rings. The highest BCUT2D eigenvalue weighted by Crippen LogP contribution is 2.29. The monoisotopic (exact) mass is 301 g/mol. The molecule has 0 aromatic carbocycles. The molecule has 0 unspecified atom stereocenters. The molecule has 0 atom stereocenters. The second-order valence-corrected chi connectivity index (χ2v) is 7.62. The summed E-state index contributed by atoms with van der Waals surface area (Å²) in [5.74, 6) is 2.28. The quantitative estimate of drug-likeness (QED) is 0.445. The summed E-state index contributed by atoms with van der Waals surface area (Å²) in [5, 5.41) is 3.43. The van der Waals surface area contributed by atoms with Crippen molar-refractivity contribution in [2.45, 2.75) is 44.8 Å². The van der Waals surface area contributed by atoms with Crippen molar-refractivity contribution in [3.63, 3.8) is 0 Å². The summed E-state index contributed by atoms with van der Waals surface area (Å²) in [6, 6.07) is 0. The third-order valence-corrected chi connectivity index (χ3v) is 4.63. The van der Waals surface area contributed by atoms with E-state index in [2.05, 4.69) is 42.7 Å². The number of rotatable bonds is 7. The number of nitrogens with one attached hydrogen (secondary N) is 1. The molecule has 0 bridgehead atoms. The van der Waals surface area contributed by atoms with Crippen molar-refractivity contribution >= 4 is 17.7 Å². The Morgan fingerprint density at radius 2 is 2.15 bits per heavy atom. The van der Waals surface area contributed by atoms with Gasteiger partial charge in [-0.15, -0.1) is 0 Å². The average molecular weight is 302 g/mol. The standard InChI is InChI=1S/C15H31N3OS/c1-5-16-14(17-9-7-6-8-11-19-4)18-10-12-20-15(2,3)13-18/h5-13H2,1-4H3,(H,16,17). The average Bonchev–Trinajstić information content (AvgIpc) is 2.40. The van der Waals surface area contributed by atoms with E-state index < -0.39 is 0 Å². The minimum absolute atomic E-state index is 0.326. The normalized spacial score (nSPS) is 19.2. The van der Waals surface area contributed by atoms with Crippen LogP contribution in [0.4, 0.5) is 0 Å². The molecular weight excluding hydrogens is 270 g/mol. The molecule has 1 rings (SSSR count). The fraction of sp³-hybridized carbons (Fsp3) is 0.933. The third kappa shape index (κ3) is 6.84. The van der Waals surface area contributed by atoms with Gasteiger partial charge in [0, 0.05) is 50.4 Å². The van der Waals surface area contributed by atoms with Crippen molar-refractivity contribution in [2.24, 2.45) is 4.99 Å². The zero-order valence-electron chi connectivity index (χ0n) is 13.6. The van der Waals surface area contributed by atoms with Gasteiger partial charge in [-0.2, -0.15) is 11.8 Å². The maximum absolute atomic E-state index is 5.07. The lowest BCUT2D eigenvalue weighted by molar-refractivity contribution is 0.192. The van der Waals surface area contributed by atoms with Gasteiger partial charge in [0.25, 0.3) is 0 Å². The van der Waals surface area contributed by atoms with Crippen LogP contribution in [0.25, 0.3) is 0 Å². The summed E-state index contributed by atoms with van der Waals surface area (Å²) in [6.45, 7) is 11.7. The number of aliphatic imine (C=N–C) groups is 1. The summed E-state index contributed by atoms with van der Waals surface area (Å²) < 4.78 is 5.39.